The SMILES string of the molecule is C=C1CC[C@H](CC)OC1.C=C1COC(CCC2CC(O)C([C@@H]3OC4CC[C@H](CC(=O)C[C@@H]5CCO[C@H]5C)O[C@@H]4C(O)C3C)O2)C1.CC(O)CO. The fourth-order valence-electron chi connectivity index (χ4n) is 7.92. The van der Waals surface area contributed by atoms with Gasteiger partial charge in [0, 0.05) is 31.8 Å². The lowest BCUT2D eigenvalue weighted by Gasteiger charge is -2.49. The van der Waals surface area contributed by atoms with Crippen LogP contribution in [0.25, 0.3) is 0 Å². The molecule has 6 aliphatic rings. The van der Waals surface area contributed by atoms with Gasteiger partial charge in [-0.15, -0.1) is 0 Å². The Kier molecular flexibility index (Phi) is 16.8. The molecule has 6 saturated heterocycles. The number of ether oxygens (including phenoxy) is 6. The smallest absolute Gasteiger partial charge is 0.135 e. The molecule has 0 radical (unpaired) electrons. The Morgan fingerprint density at radius 1 is 0.840 bits per heavy atom. The van der Waals surface area contributed by atoms with Crippen LogP contribution in [0.15, 0.2) is 24.3 Å². The molecule has 4 N–H and O–H groups in total. The van der Waals surface area contributed by atoms with Crippen LogP contribution in [0, 0.1) is 11.8 Å². The average molecular weight is 711 g/mol. The number of Topliss-reactive ketones (excluding diaryl/α,β-unsaturated/α-hetero) is 1. The van der Waals surface area contributed by atoms with Crippen LogP contribution >= 0.6 is 0 Å². The summed E-state index contributed by atoms with van der Waals surface area (Å²) in [6.45, 7) is 17.5. The zero-order chi connectivity index (χ0) is 36.4. The van der Waals surface area contributed by atoms with Gasteiger partial charge in [0.15, 0.2) is 0 Å². The number of fused-ring (bicyclic) bond motifs is 1. The molecule has 0 spiro atoms. The Labute approximate surface area is 299 Å². The quantitative estimate of drug-likeness (QED) is 0.241. The van der Waals surface area contributed by atoms with Crippen molar-refractivity contribution >= 4 is 5.78 Å². The summed E-state index contributed by atoms with van der Waals surface area (Å²) in [7, 11) is 0. The van der Waals surface area contributed by atoms with Crippen molar-refractivity contribution in [3.8, 4) is 0 Å². The van der Waals surface area contributed by atoms with Gasteiger partial charge < -0.3 is 48.8 Å². The number of aliphatic hydroxyl groups is 4. The minimum atomic E-state index is -0.734. The number of hydrogen-bond acceptors (Lipinski definition) is 11. The van der Waals surface area contributed by atoms with Crippen molar-refractivity contribution in [1.82, 2.24) is 0 Å². The molecule has 0 bridgehead atoms. The van der Waals surface area contributed by atoms with Crippen LogP contribution in [-0.2, 0) is 33.2 Å². The maximum Gasteiger partial charge on any atom is 0.135 e. The molecular formula is C39H66O11. The molecule has 0 saturated carbocycles. The van der Waals surface area contributed by atoms with Gasteiger partial charge in [-0.05, 0) is 83.1 Å². The fourth-order valence-corrected chi connectivity index (χ4v) is 7.92. The Bertz CT molecular complexity index is 1050. The van der Waals surface area contributed by atoms with E-state index in [4.69, 9.17) is 38.6 Å². The zero-order valence-corrected chi connectivity index (χ0v) is 31.0. The average Bonchev–Trinajstić information content (AvgIpc) is 3.82. The molecule has 14 atom stereocenters. The van der Waals surface area contributed by atoms with Crippen LogP contribution in [0.4, 0.5) is 0 Å². The lowest BCUT2D eigenvalue weighted by Crippen LogP contribution is -2.61. The van der Waals surface area contributed by atoms with Crippen LogP contribution in [0.3, 0.4) is 0 Å². The fraction of sp³-hybridized carbons (Fsp3) is 0.872. The van der Waals surface area contributed by atoms with Gasteiger partial charge in [-0.1, -0.05) is 32.6 Å². The summed E-state index contributed by atoms with van der Waals surface area (Å²) in [5.74, 6) is 0.251. The van der Waals surface area contributed by atoms with E-state index in [0.717, 1.165) is 63.7 Å². The predicted molar refractivity (Wildman–Crippen MR) is 189 cm³/mol. The second kappa shape index (κ2) is 20.3. The van der Waals surface area contributed by atoms with E-state index < -0.39 is 36.6 Å². The van der Waals surface area contributed by atoms with E-state index in [-0.39, 0.29) is 48.8 Å². The van der Waals surface area contributed by atoms with E-state index in [9.17, 15) is 15.0 Å². The van der Waals surface area contributed by atoms with Crippen molar-refractivity contribution in [1.29, 1.82) is 0 Å². The van der Waals surface area contributed by atoms with Gasteiger partial charge >= 0.3 is 0 Å². The van der Waals surface area contributed by atoms with Crippen molar-refractivity contribution in [3.05, 3.63) is 24.3 Å². The van der Waals surface area contributed by atoms with Gasteiger partial charge in [0.05, 0.1) is 80.9 Å². The van der Waals surface area contributed by atoms with Crippen molar-refractivity contribution in [2.75, 3.05) is 26.4 Å². The summed E-state index contributed by atoms with van der Waals surface area (Å²) in [5, 5.41) is 38.0. The summed E-state index contributed by atoms with van der Waals surface area (Å²) in [4.78, 5) is 12.7. The Hall–Kier alpha value is -1.25. The number of carbonyl (C=O) groups is 1. The molecule has 50 heavy (non-hydrogen) atoms. The maximum absolute atomic E-state index is 12.7. The predicted octanol–water partition coefficient (Wildman–Crippen LogP) is 4.21. The van der Waals surface area contributed by atoms with E-state index in [1.165, 1.54) is 25.3 Å². The molecule has 6 aliphatic heterocycles. The molecule has 0 amide bonds. The zero-order valence-electron chi connectivity index (χ0n) is 31.0. The summed E-state index contributed by atoms with van der Waals surface area (Å²) in [5.41, 5.74) is 2.39. The Balaban J connectivity index is 0.000000336. The van der Waals surface area contributed by atoms with Gasteiger partial charge in [-0.3, -0.25) is 4.79 Å². The summed E-state index contributed by atoms with van der Waals surface area (Å²) in [6, 6.07) is 0. The molecule has 6 heterocycles. The number of rotatable bonds is 10. The molecular weight excluding hydrogens is 644 g/mol. The molecule has 0 aliphatic carbocycles. The highest BCUT2D eigenvalue weighted by atomic mass is 16.6. The van der Waals surface area contributed by atoms with E-state index in [2.05, 4.69) is 20.1 Å². The monoisotopic (exact) mass is 710 g/mol. The van der Waals surface area contributed by atoms with Crippen molar-refractivity contribution in [2.24, 2.45) is 11.8 Å². The van der Waals surface area contributed by atoms with Crippen LogP contribution in [-0.4, -0.2) is 126 Å². The highest BCUT2D eigenvalue weighted by molar-refractivity contribution is 5.79. The molecule has 0 aromatic carbocycles. The first-order valence-corrected chi connectivity index (χ1v) is 19.2. The standard InChI is InChI=1S/C28H44O8.C8H14O.C3H8O2/c1-15-10-20(33-14-15)4-5-22-13-23(30)27(34-22)26-16(2)25(31)28-24(36-26)7-6-21(35-28)12-19(29)11-18-8-9-32-17(18)3;1-3-8-5-4-7(2)6-9-8;1-3(5)2-4/h16-18,20-28,30-31H,1,4-14H2,2-3H3;8H,2-6H2,1H3;3-5H,2H2,1H3/t16?,17-,18-,20?,21+,22?,23?,24?,25?,26+,27?,28-;8-;/m00./s1. The first kappa shape index (κ1) is 41.5. The minimum Gasteiger partial charge on any atom is -0.394 e. The van der Waals surface area contributed by atoms with E-state index >= 15 is 0 Å². The number of carbonyl (C=O) groups excluding carboxylic acids is 1. The van der Waals surface area contributed by atoms with Gasteiger partial charge in [0.2, 0.25) is 0 Å². The largest absolute Gasteiger partial charge is 0.394 e. The molecule has 0 aromatic rings. The molecule has 288 valence electrons. The topological polar surface area (TPSA) is 153 Å². The maximum atomic E-state index is 12.7. The van der Waals surface area contributed by atoms with Gasteiger partial charge in [0.25, 0.3) is 0 Å². The molecule has 6 fully saturated rings. The van der Waals surface area contributed by atoms with Gasteiger partial charge in [-0.25, -0.2) is 0 Å². The van der Waals surface area contributed by atoms with Crippen molar-refractivity contribution in [3.63, 3.8) is 0 Å². The molecule has 6 rings (SSSR count). The first-order valence-electron chi connectivity index (χ1n) is 19.2. The molecule has 11 heteroatoms. The normalized spacial score (nSPS) is 40.7. The summed E-state index contributed by atoms with van der Waals surface area (Å²) < 4.78 is 35.7. The third-order valence-electron chi connectivity index (χ3n) is 11.2. The summed E-state index contributed by atoms with van der Waals surface area (Å²) in [6.07, 6.45) is 7.08. The van der Waals surface area contributed by atoms with E-state index in [1.54, 1.807) is 0 Å². The third kappa shape index (κ3) is 12.1. The Morgan fingerprint density at radius 3 is 2.12 bits per heavy atom. The van der Waals surface area contributed by atoms with E-state index in [0.29, 0.717) is 37.9 Å². The lowest BCUT2D eigenvalue weighted by molar-refractivity contribution is -0.267. The first-order chi connectivity index (χ1) is 23.9. The van der Waals surface area contributed by atoms with Crippen LogP contribution < -0.4 is 0 Å². The van der Waals surface area contributed by atoms with E-state index in [1.807, 2.05) is 13.8 Å². The molecule has 0 aromatic heterocycles. The number of aliphatic hydroxyl groups excluding tert-OH is 4. The van der Waals surface area contributed by atoms with Crippen molar-refractivity contribution < 1.29 is 53.6 Å². The van der Waals surface area contributed by atoms with Gasteiger partial charge in [-0.2, -0.15) is 0 Å². The number of ketones is 1. The highest BCUT2D eigenvalue weighted by Gasteiger charge is 2.52. The highest BCUT2D eigenvalue weighted by Crippen LogP contribution is 2.40. The molecule has 8 unspecified atom stereocenters. The van der Waals surface area contributed by atoms with Crippen LogP contribution in [0.1, 0.15) is 105 Å². The molecule has 11 nitrogen and oxygen atoms in total. The van der Waals surface area contributed by atoms with Gasteiger partial charge in [0.1, 0.15) is 18.0 Å². The number of hydrogen-bond donors (Lipinski definition) is 4. The Morgan fingerprint density at radius 2 is 1.52 bits per heavy atom. The van der Waals surface area contributed by atoms with Crippen molar-refractivity contribution in [2.45, 2.75) is 178 Å². The minimum absolute atomic E-state index is 0.0425. The van der Waals surface area contributed by atoms with Crippen LogP contribution in [0.2, 0.25) is 0 Å². The van der Waals surface area contributed by atoms with Crippen LogP contribution in [0.5, 0.6) is 0 Å². The lowest BCUT2D eigenvalue weighted by atomic mass is 9.81. The third-order valence-corrected chi connectivity index (χ3v) is 11.2. The second-order valence-electron chi connectivity index (χ2n) is 15.5. The second-order valence-corrected chi connectivity index (χ2v) is 15.5. The summed E-state index contributed by atoms with van der Waals surface area (Å²) >= 11 is 0.